The summed E-state index contributed by atoms with van der Waals surface area (Å²) in [6.07, 6.45) is 0. The molecule has 110 valence electrons. The number of halogens is 4. The second-order valence-electron chi connectivity index (χ2n) is 4.55. The Labute approximate surface area is 119 Å². The fourth-order valence-electron chi connectivity index (χ4n) is 2.16. The van der Waals surface area contributed by atoms with Gasteiger partial charge in [-0.3, -0.25) is 9.69 Å². The summed E-state index contributed by atoms with van der Waals surface area (Å²) in [7, 11) is 0. The van der Waals surface area contributed by atoms with E-state index in [-0.39, 0.29) is 0 Å². The highest BCUT2D eigenvalue weighted by Gasteiger charge is 2.26. The van der Waals surface area contributed by atoms with Crippen molar-refractivity contribution in [2.75, 3.05) is 38.6 Å². The third-order valence-electron chi connectivity index (χ3n) is 3.33. The molecular formula is C13H14ClF3N2O. The maximum absolute atomic E-state index is 13.6. The van der Waals surface area contributed by atoms with Gasteiger partial charge in [-0.1, -0.05) is 0 Å². The number of carbonyl (C=O) groups excluding carboxylic acids is 1. The third-order valence-corrected chi connectivity index (χ3v) is 3.49. The van der Waals surface area contributed by atoms with Crippen LogP contribution >= 0.6 is 11.6 Å². The van der Waals surface area contributed by atoms with E-state index in [1.807, 2.05) is 0 Å². The van der Waals surface area contributed by atoms with Crippen molar-refractivity contribution in [3.05, 3.63) is 35.1 Å². The molecule has 0 bridgehead atoms. The molecule has 0 radical (unpaired) electrons. The van der Waals surface area contributed by atoms with Gasteiger partial charge >= 0.3 is 0 Å². The van der Waals surface area contributed by atoms with E-state index in [2.05, 4.69) is 4.90 Å². The van der Waals surface area contributed by atoms with Crippen LogP contribution in [0, 0.1) is 17.5 Å². The summed E-state index contributed by atoms with van der Waals surface area (Å²) in [5.74, 6) is -4.46. The van der Waals surface area contributed by atoms with Crippen molar-refractivity contribution in [1.82, 2.24) is 9.80 Å². The molecule has 1 aromatic carbocycles. The Hall–Kier alpha value is -1.27. The Kier molecular flexibility index (Phi) is 4.88. The minimum atomic E-state index is -1.61. The van der Waals surface area contributed by atoms with Gasteiger partial charge in [-0.15, -0.1) is 11.6 Å². The number of piperazine rings is 1. The smallest absolute Gasteiger partial charge is 0.257 e. The van der Waals surface area contributed by atoms with E-state index in [9.17, 15) is 18.0 Å². The van der Waals surface area contributed by atoms with Crippen LogP contribution in [0.5, 0.6) is 0 Å². The van der Waals surface area contributed by atoms with Crippen LogP contribution in [0.1, 0.15) is 10.4 Å². The van der Waals surface area contributed by atoms with Crippen LogP contribution in [0.3, 0.4) is 0 Å². The largest absolute Gasteiger partial charge is 0.336 e. The van der Waals surface area contributed by atoms with E-state index in [4.69, 9.17) is 11.6 Å². The van der Waals surface area contributed by atoms with Gasteiger partial charge < -0.3 is 4.90 Å². The van der Waals surface area contributed by atoms with Gasteiger partial charge in [-0.2, -0.15) is 0 Å². The Morgan fingerprint density at radius 2 is 1.75 bits per heavy atom. The fraction of sp³-hybridized carbons (Fsp3) is 0.462. The van der Waals surface area contributed by atoms with Crippen LogP contribution in [-0.2, 0) is 0 Å². The van der Waals surface area contributed by atoms with Crippen molar-refractivity contribution < 1.29 is 18.0 Å². The molecule has 3 nitrogen and oxygen atoms in total. The van der Waals surface area contributed by atoms with Gasteiger partial charge in [0.05, 0.1) is 5.56 Å². The van der Waals surface area contributed by atoms with Crippen molar-refractivity contribution in [1.29, 1.82) is 0 Å². The quantitative estimate of drug-likeness (QED) is 0.631. The Morgan fingerprint density at radius 1 is 1.10 bits per heavy atom. The van der Waals surface area contributed by atoms with Gasteiger partial charge in [0.2, 0.25) is 0 Å². The van der Waals surface area contributed by atoms with E-state index in [1.165, 1.54) is 4.90 Å². The maximum Gasteiger partial charge on any atom is 0.257 e. The molecule has 0 N–H and O–H groups in total. The predicted molar refractivity (Wildman–Crippen MR) is 69.4 cm³/mol. The van der Waals surface area contributed by atoms with E-state index in [1.54, 1.807) is 0 Å². The number of nitrogens with zero attached hydrogens (tertiary/aromatic N) is 2. The fourth-order valence-corrected chi connectivity index (χ4v) is 2.39. The second kappa shape index (κ2) is 6.45. The van der Waals surface area contributed by atoms with Crippen LogP contribution < -0.4 is 0 Å². The van der Waals surface area contributed by atoms with Crippen molar-refractivity contribution in [3.63, 3.8) is 0 Å². The predicted octanol–water partition coefficient (Wildman–Crippen LogP) is 2.10. The molecule has 1 heterocycles. The number of amides is 1. The number of hydrogen-bond donors (Lipinski definition) is 0. The first kappa shape index (κ1) is 15.1. The SMILES string of the molecule is O=C(c1ccc(F)c(F)c1F)N1CCN(CCCl)CC1. The minimum absolute atomic E-state index is 0.411. The van der Waals surface area contributed by atoms with E-state index in [0.717, 1.165) is 18.7 Å². The first-order chi connectivity index (χ1) is 9.54. The lowest BCUT2D eigenvalue weighted by Crippen LogP contribution is -2.49. The molecular weight excluding hydrogens is 293 g/mol. The van der Waals surface area contributed by atoms with E-state index < -0.39 is 28.9 Å². The second-order valence-corrected chi connectivity index (χ2v) is 4.92. The van der Waals surface area contributed by atoms with E-state index >= 15 is 0 Å². The lowest BCUT2D eigenvalue weighted by molar-refractivity contribution is 0.0638. The monoisotopic (exact) mass is 306 g/mol. The molecule has 7 heteroatoms. The van der Waals surface area contributed by atoms with Gasteiger partial charge in [-0.25, -0.2) is 13.2 Å². The first-order valence-electron chi connectivity index (χ1n) is 6.25. The third kappa shape index (κ3) is 3.07. The molecule has 1 aliphatic rings. The summed E-state index contributed by atoms with van der Waals surface area (Å²) >= 11 is 5.63. The van der Waals surface area contributed by atoms with Crippen LogP contribution in [0.15, 0.2) is 12.1 Å². The topological polar surface area (TPSA) is 23.6 Å². The molecule has 0 unspecified atom stereocenters. The summed E-state index contributed by atoms with van der Waals surface area (Å²) < 4.78 is 39.6. The summed E-state index contributed by atoms with van der Waals surface area (Å²) in [5, 5.41) is 0. The summed E-state index contributed by atoms with van der Waals surface area (Å²) in [4.78, 5) is 15.6. The molecule has 2 rings (SSSR count). The van der Waals surface area contributed by atoms with Crippen LogP contribution in [0.25, 0.3) is 0 Å². The van der Waals surface area contributed by atoms with Crippen molar-refractivity contribution in [2.24, 2.45) is 0 Å². The minimum Gasteiger partial charge on any atom is -0.336 e. The molecule has 0 aliphatic carbocycles. The van der Waals surface area contributed by atoms with Crippen molar-refractivity contribution in [3.8, 4) is 0 Å². The van der Waals surface area contributed by atoms with Crippen LogP contribution in [0.2, 0.25) is 0 Å². The highest BCUT2D eigenvalue weighted by Crippen LogP contribution is 2.17. The number of hydrogen-bond acceptors (Lipinski definition) is 2. The first-order valence-corrected chi connectivity index (χ1v) is 6.79. The van der Waals surface area contributed by atoms with Gasteiger partial charge in [0.25, 0.3) is 5.91 Å². The number of benzene rings is 1. The average Bonchev–Trinajstić information content (AvgIpc) is 2.45. The zero-order valence-corrected chi connectivity index (χ0v) is 11.5. The number of rotatable bonds is 3. The number of alkyl halides is 1. The van der Waals surface area contributed by atoms with Crippen LogP contribution in [0.4, 0.5) is 13.2 Å². The average molecular weight is 307 g/mol. The molecule has 1 saturated heterocycles. The summed E-state index contributed by atoms with van der Waals surface area (Å²) in [6.45, 7) is 2.80. The zero-order chi connectivity index (χ0) is 14.7. The zero-order valence-electron chi connectivity index (χ0n) is 10.7. The lowest BCUT2D eigenvalue weighted by Gasteiger charge is -2.34. The standard InChI is InChI=1S/C13H14ClF3N2O/c14-3-4-18-5-7-19(8-6-18)13(20)9-1-2-10(15)12(17)11(9)16/h1-2H,3-8H2. The molecule has 1 aliphatic heterocycles. The van der Waals surface area contributed by atoms with E-state index in [0.29, 0.717) is 32.1 Å². The molecule has 0 atom stereocenters. The summed E-state index contributed by atoms with van der Waals surface area (Å²) in [6, 6.07) is 1.73. The summed E-state index contributed by atoms with van der Waals surface area (Å²) in [5.41, 5.74) is -0.435. The molecule has 0 aromatic heterocycles. The molecule has 0 spiro atoms. The Balaban J connectivity index is 2.08. The Bertz CT molecular complexity index is 505. The molecule has 1 aromatic rings. The highest BCUT2D eigenvalue weighted by molar-refractivity contribution is 6.18. The highest BCUT2D eigenvalue weighted by atomic mass is 35.5. The normalized spacial score (nSPS) is 16.5. The molecule has 1 fully saturated rings. The van der Waals surface area contributed by atoms with Gasteiger partial charge in [-0.05, 0) is 12.1 Å². The molecule has 20 heavy (non-hydrogen) atoms. The van der Waals surface area contributed by atoms with Crippen molar-refractivity contribution in [2.45, 2.75) is 0 Å². The molecule has 1 amide bonds. The molecule has 0 saturated carbocycles. The van der Waals surface area contributed by atoms with Gasteiger partial charge in [0.1, 0.15) is 0 Å². The number of carbonyl (C=O) groups is 1. The maximum atomic E-state index is 13.6. The van der Waals surface area contributed by atoms with Crippen molar-refractivity contribution >= 4 is 17.5 Å². The van der Waals surface area contributed by atoms with Gasteiger partial charge in [0, 0.05) is 38.6 Å². The van der Waals surface area contributed by atoms with Crippen LogP contribution in [-0.4, -0.2) is 54.3 Å². The lowest BCUT2D eigenvalue weighted by atomic mass is 10.1. The van der Waals surface area contributed by atoms with Gasteiger partial charge in [0.15, 0.2) is 17.5 Å². The Morgan fingerprint density at radius 3 is 2.35 bits per heavy atom.